The van der Waals surface area contributed by atoms with Crippen molar-refractivity contribution in [2.75, 3.05) is 13.2 Å². The molecule has 0 radical (unpaired) electrons. The maximum absolute atomic E-state index is 11.9. The SMILES string of the molecule is O=C1CC(CC2CCCO2)=NN1CCc1ccccn1. The second kappa shape index (κ2) is 6.13. The molecule has 3 heterocycles. The molecule has 1 unspecified atom stereocenters. The fourth-order valence-electron chi connectivity index (χ4n) is 2.65. The largest absolute Gasteiger partial charge is 0.378 e. The molecular formula is C15H19N3O2. The molecule has 1 amide bonds. The standard InChI is InChI=1S/C15H19N3O2/c19-15-11-13(10-14-5-3-9-20-14)17-18(15)8-6-12-4-1-2-7-16-12/h1-2,4,7,14H,3,5-6,8-11H2. The van der Waals surface area contributed by atoms with Crippen molar-refractivity contribution in [3.63, 3.8) is 0 Å². The van der Waals surface area contributed by atoms with Crippen molar-refractivity contribution in [1.82, 2.24) is 9.99 Å². The van der Waals surface area contributed by atoms with Crippen LogP contribution in [0.5, 0.6) is 0 Å². The van der Waals surface area contributed by atoms with Crippen molar-refractivity contribution in [2.45, 2.75) is 38.2 Å². The molecule has 1 aromatic heterocycles. The Hall–Kier alpha value is -1.75. The summed E-state index contributed by atoms with van der Waals surface area (Å²) in [4.78, 5) is 16.2. The Morgan fingerprint density at radius 1 is 1.40 bits per heavy atom. The van der Waals surface area contributed by atoms with Gasteiger partial charge in [-0.05, 0) is 25.0 Å². The molecule has 1 aromatic rings. The van der Waals surface area contributed by atoms with E-state index in [0.29, 0.717) is 13.0 Å². The Bertz CT molecular complexity index is 495. The third-order valence-electron chi connectivity index (χ3n) is 3.70. The highest BCUT2D eigenvalue weighted by atomic mass is 16.5. The van der Waals surface area contributed by atoms with E-state index in [9.17, 15) is 4.79 Å². The first-order valence-corrected chi connectivity index (χ1v) is 7.19. The Kier molecular flexibility index (Phi) is 4.06. The minimum atomic E-state index is 0.0916. The number of nitrogens with zero attached hydrogens (tertiary/aromatic N) is 3. The number of carbonyl (C=O) groups excluding carboxylic acids is 1. The first-order chi connectivity index (χ1) is 9.81. The summed E-state index contributed by atoms with van der Waals surface area (Å²) in [6.45, 7) is 1.44. The second-order valence-corrected chi connectivity index (χ2v) is 5.27. The van der Waals surface area contributed by atoms with Crippen LogP contribution in [0.4, 0.5) is 0 Å². The first kappa shape index (κ1) is 13.2. The van der Waals surface area contributed by atoms with Gasteiger partial charge < -0.3 is 4.74 Å². The summed E-state index contributed by atoms with van der Waals surface area (Å²) in [5.41, 5.74) is 1.95. The van der Waals surface area contributed by atoms with Crippen molar-refractivity contribution in [1.29, 1.82) is 0 Å². The number of hydrogen-bond acceptors (Lipinski definition) is 4. The molecular weight excluding hydrogens is 254 g/mol. The highest BCUT2D eigenvalue weighted by Crippen LogP contribution is 2.20. The van der Waals surface area contributed by atoms with E-state index < -0.39 is 0 Å². The number of hydrazone groups is 1. The second-order valence-electron chi connectivity index (χ2n) is 5.27. The van der Waals surface area contributed by atoms with Gasteiger partial charge in [0, 0.05) is 31.3 Å². The molecule has 1 fully saturated rings. The van der Waals surface area contributed by atoms with Gasteiger partial charge in [0.25, 0.3) is 0 Å². The fraction of sp³-hybridized carbons (Fsp3) is 0.533. The molecule has 106 valence electrons. The predicted octanol–water partition coefficient (Wildman–Crippen LogP) is 1.78. The van der Waals surface area contributed by atoms with Gasteiger partial charge in [-0.1, -0.05) is 6.07 Å². The number of hydrogen-bond donors (Lipinski definition) is 0. The van der Waals surface area contributed by atoms with Crippen molar-refractivity contribution < 1.29 is 9.53 Å². The number of ether oxygens (including phenoxy) is 1. The number of rotatable bonds is 5. The molecule has 0 aromatic carbocycles. The zero-order chi connectivity index (χ0) is 13.8. The summed E-state index contributed by atoms with van der Waals surface area (Å²) in [5, 5.41) is 6.02. The monoisotopic (exact) mass is 273 g/mol. The maximum atomic E-state index is 11.9. The highest BCUT2D eigenvalue weighted by Gasteiger charge is 2.27. The van der Waals surface area contributed by atoms with E-state index in [-0.39, 0.29) is 12.0 Å². The molecule has 0 N–H and O–H groups in total. The van der Waals surface area contributed by atoms with Gasteiger partial charge in [-0.15, -0.1) is 0 Å². The molecule has 5 heteroatoms. The average Bonchev–Trinajstić information content (AvgIpc) is 3.08. The summed E-state index contributed by atoms with van der Waals surface area (Å²) in [6, 6.07) is 5.82. The number of carbonyl (C=O) groups is 1. The lowest BCUT2D eigenvalue weighted by molar-refractivity contribution is -0.128. The van der Waals surface area contributed by atoms with Crippen LogP contribution in [0, 0.1) is 0 Å². The van der Waals surface area contributed by atoms with Gasteiger partial charge in [0.15, 0.2) is 0 Å². The van der Waals surface area contributed by atoms with Crippen LogP contribution in [-0.4, -0.2) is 40.9 Å². The Morgan fingerprint density at radius 3 is 3.10 bits per heavy atom. The van der Waals surface area contributed by atoms with Crippen LogP contribution < -0.4 is 0 Å². The smallest absolute Gasteiger partial charge is 0.248 e. The Balaban J connectivity index is 1.53. The molecule has 0 spiro atoms. The van der Waals surface area contributed by atoms with Gasteiger partial charge in [-0.2, -0.15) is 5.10 Å². The average molecular weight is 273 g/mol. The van der Waals surface area contributed by atoms with E-state index in [1.54, 1.807) is 11.2 Å². The van der Waals surface area contributed by atoms with Gasteiger partial charge in [0.1, 0.15) is 0 Å². The summed E-state index contributed by atoms with van der Waals surface area (Å²) in [5.74, 6) is 0.0916. The van der Waals surface area contributed by atoms with Gasteiger partial charge in [0.2, 0.25) is 5.91 Å². The Morgan fingerprint density at radius 2 is 2.35 bits per heavy atom. The molecule has 1 atom stereocenters. The van der Waals surface area contributed by atoms with Crippen LogP contribution in [0.25, 0.3) is 0 Å². The molecule has 2 aliphatic heterocycles. The molecule has 0 aliphatic carbocycles. The van der Waals surface area contributed by atoms with Crippen LogP contribution in [0.15, 0.2) is 29.5 Å². The van der Waals surface area contributed by atoms with Crippen LogP contribution in [0.2, 0.25) is 0 Å². The maximum Gasteiger partial charge on any atom is 0.248 e. The summed E-state index contributed by atoms with van der Waals surface area (Å²) >= 11 is 0. The topological polar surface area (TPSA) is 54.8 Å². The quantitative estimate of drug-likeness (QED) is 0.821. The highest BCUT2D eigenvalue weighted by molar-refractivity contribution is 6.05. The molecule has 20 heavy (non-hydrogen) atoms. The normalized spacial score (nSPS) is 22.4. The van der Waals surface area contributed by atoms with E-state index in [4.69, 9.17) is 4.74 Å². The van der Waals surface area contributed by atoms with Crippen LogP contribution in [-0.2, 0) is 16.0 Å². The van der Waals surface area contributed by atoms with Crippen LogP contribution in [0.3, 0.4) is 0 Å². The van der Waals surface area contributed by atoms with E-state index in [1.807, 2.05) is 18.2 Å². The minimum absolute atomic E-state index is 0.0916. The Labute approximate surface area is 118 Å². The lowest BCUT2D eigenvalue weighted by atomic mass is 10.1. The fourth-order valence-corrected chi connectivity index (χ4v) is 2.65. The summed E-state index contributed by atoms with van der Waals surface area (Å²) in [6.07, 6.45) is 6.22. The minimum Gasteiger partial charge on any atom is -0.378 e. The lowest BCUT2D eigenvalue weighted by Crippen LogP contribution is -2.23. The predicted molar refractivity (Wildman–Crippen MR) is 75.3 cm³/mol. The third-order valence-corrected chi connectivity index (χ3v) is 3.70. The summed E-state index contributed by atoms with van der Waals surface area (Å²) < 4.78 is 5.59. The number of pyridine rings is 1. The zero-order valence-electron chi connectivity index (χ0n) is 11.5. The van der Waals surface area contributed by atoms with Gasteiger partial charge in [-0.25, -0.2) is 5.01 Å². The number of amides is 1. The zero-order valence-corrected chi connectivity index (χ0v) is 11.5. The van der Waals surface area contributed by atoms with Gasteiger partial charge >= 0.3 is 0 Å². The molecule has 3 rings (SSSR count). The summed E-state index contributed by atoms with van der Waals surface area (Å²) in [7, 11) is 0. The number of aromatic nitrogens is 1. The van der Waals surface area contributed by atoms with E-state index >= 15 is 0 Å². The van der Waals surface area contributed by atoms with Gasteiger partial charge in [-0.3, -0.25) is 9.78 Å². The molecule has 1 saturated heterocycles. The van der Waals surface area contributed by atoms with Gasteiger partial charge in [0.05, 0.1) is 24.8 Å². The van der Waals surface area contributed by atoms with E-state index in [1.165, 1.54) is 0 Å². The molecule has 0 saturated carbocycles. The first-order valence-electron chi connectivity index (χ1n) is 7.19. The molecule has 0 bridgehead atoms. The van der Waals surface area contributed by atoms with Crippen molar-refractivity contribution >= 4 is 11.6 Å². The van der Waals surface area contributed by atoms with Crippen molar-refractivity contribution in [3.05, 3.63) is 30.1 Å². The lowest BCUT2D eigenvalue weighted by Gasteiger charge is -2.11. The van der Waals surface area contributed by atoms with E-state index in [2.05, 4.69) is 10.1 Å². The van der Waals surface area contributed by atoms with Crippen LogP contribution >= 0.6 is 0 Å². The third kappa shape index (κ3) is 3.22. The van der Waals surface area contributed by atoms with Crippen LogP contribution in [0.1, 0.15) is 31.4 Å². The van der Waals surface area contributed by atoms with Crippen molar-refractivity contribution in [3.8, 4) is 0 Å². The molecule has 5 nitrogen and oxygen atoms in total. The molecule has 2 aliphatic rings. The van der Waals surface area contributed by atoms with Crippen molar-refractivity contribution in [2.24, 2.45) is 5.10 Å². The van der Waals surface area contributed by atoms with E-state index in [0.717, 1.165) is 43.7 Å².